The van der Waals surface area contributed by atoms with E-state index in [-0.39, 0.29) is 6.04 Å². The molecule has 1 aromatic rings. The molecule has 0 aliphatic rings. The van der Waals surface area contributed by atoms with E-state index in [1.54, 1.807) is 7.11 Å². The zero-order valence-corrected chi connectivity index (χ0v) is 10.1. The van der Waals surface area contributed by atoms with Gasteiger partial charge in [0.25, 0.3) is 0 Å². The Labute approximate surface area is 97.6 Å². The van der Waals surface area contributed by atoms with Crippen LogP contribution in [-0.2, 0) is 4.74 Å². The van der Waals surface area contributed by atoms with Gasteiger partial charge in [0.2, 0.25) is 0 Å². The van der Waals surface area contributed by atoms with Crippen LogP contribution in [0.5, 0.6) is 5.75 Å². The predicted octanol–water partition coefficient (Wildman–Crippen LogP) is 2.51. The average molecular weight is 223 g/mol. The van der Waals surface area contributed by atoms with Crippen LogP contribution in [-0.4, -0.2) is 20.3 Å². The second kappa shape index (κ2) is 7.25. The van der Waals surface area contributed by atoms with Gasteiger partial charge in [-0.25, -0.2) is 0 Å². The molecule has 0 fully saturated rings. The van der Waals surface area contributed by atoms with E-state index in [0.29, 0.717) is 6.61 Å². The number of benzene rings is 1. The molecule has 1 atom stereocenters. The van der Waals surface area contributed by atoms with E-state index in [2.05, 4.69) is 6.92 Å². The molecule has 0 unspecified atom stereocenters. The quantitative estimate of drug-likeness (QED) is 0.722. The number of ether oxygens (including phenoxy) is 2. The zero-order valence-electron chi connectivity index (χ0n) is 10.1. The second-order valence-corrected chi connectivity index (χ2v) is 3.75. The molecule has 3 heteroatoms. The highest BCUT2D eigenvalue weighted by Crippen LogP contribution is 2.25. The van der Waals surface area contributed by atoms with Crippen LogP contribution in [0.1, 0.15) is 31.4 Å². The molecule has 1 aromatic carbocycles. The largest absolute Gasteiger partial charge is 0.493 e. The fraction of sp³-hybridized carbons (Fsp3) is 0.538. The molecule has 0 aliphatic carbocycles. The molecule has 0 aliphatic heterocycles. The summed E-state index contributed by atoms with van der Waals surface area (Å²) in [6.07, 6.45) is 1.81. The van der Waals surface area contributed by atoms with Crippen LogP contribution >= 0.6 is 0 Å². The fourth-order valence-electron chi connectivity index (χ4n) is 1.52. The van der Waals surface area contributed by atoms with Gasteiger partial charge in [-0.15, -0.1) is 0 Å². The summed E-state index contributed by atoms with van der Waals surface area (Å²) in [5, 5.41) is 0. The summed E-state index contributed by atoms with van der Waals surface area (Å²) in [5.74, 6) is 0.896. The van der Waals surface area contributed by atoms with E-state index in [0.717, 1.165) is 30.8 Å². The summed E-state index contributed by atoms with van der Waals surface area (Å²) in [4.78, 5) is 0. The predicted molar refractivity (Wildman–Crippen MR) is 65.6 cm³/mol. The number of nitrogens with two attached hydrogens (primary N) is 1. The first-order valence-corrected chi connectivity index (χ1v) is 5.75. The highest BCUT2D eigenvalue weighted by molar-refractivity contribution is 5.35. The van der Waals surface area contributed by atoms with Crippen molar-refractivity contribution >= 4 is 0 Å². The van der Waals surface area contributed by atoms with Crippen LogP contribution < -0.4 is 10.5 Å². The lowest BCUT2D eigenvalue weighted by atomic mass is 10.0. The van der Waals surface area contributed by atoms with E-state index >= 15 is 0 Å². The minimum Gasteiger partial charge on any atom is -0.493 e. The SMILES string of the molecule is CC[C@@H](N)c1ccccc1OCCCOC. The van der Waals surface area contributed by atoms with E-state index in [1.165, 1.54) is 0 Å². The third kappa shape index (κ3) is 3.83. The van der Waals surface area contributed by atoms with Crippen LogP contribution in [0.2, 0.25) is 0 Å². The fourth-order valence-corrected chi connectivity index (χ4v) is 1.52. The first-order valence-electron chi connectivity index (χ1n) is 5.75. The van der Waals surface area contributed by atoms with Gasteiger partial charge in [0.15, 0.2) is 0 Å². The molecule has 0 saturated heterocycles. The smallest absolute Gasteiger partial charge is 0.124 e. The van der Waals surface area contributed by atoms with Crippen molar-refractivity contribution in [3.05, 3.63) is 29.8 Å². The summed E-state index contributed by atoms with van der Waals surface area (Å²) in [5.41, 5.74) is 7.11. The molecular weight excluding hydrogens is 202 g/mol. The lowest BCUT2D eigenvalue weighted by Gasteiger charge is -2.15. The van der Waals surface area contributed by atoms with Gasteiger partial charge in [0, 0.05) is 31.7 Å². The van der Waals surface area contributed by atoms with Crippen molar-refractivity contribution in [3.63, 3.8) is 0 Å². The van der Waals surface area contributed by atoms with Crippen LogP contribution in [0.3, 0.4) is 0 Å². The molecule has 90 valence electrons. The van der Waals surface area contributed by atoms with Crippen molar-refractivity contribution < 1.29 is 9.47 Å². The number of methoxy groups -OCH3 is 1. The maximum absolute atomic E-state index is 6.02. The van der Waals surface area contributed by atoms with Gasteiger partial charge in [-0.2, -0.15) is 0 Å². The molecule has 2 N–H and O–H groups in total. The lowest BCUT2D eigenvalue weighted by molar-refractivity contribution is 0.171. The van der Waals surface area contributed by atoms with Crippen molar-refractivity contribution in [2.24, 2.45) is 5.73 Å². The van der Waals surface area contributed by atoms with Crippen molar-refractivity contribution in [1.82, 2.24) is 0 Å². The molecule has 0 saturated carbocycles. The number of hydrogen-bond donors (Lipinski definition) is 1. The van der Waals surface area contributed by atoms with E-state index in [1.807, 2.05) is 24.3 Å². The maximum atomic E-state index is 6.02. The monoisotopic (exact) mass is 223 g/mol. The topological polar surface area (TPSA) is 44.5 Å². The molecule has 0 heterocycles. The third-order valence-corrected chi connectivity index (χ3v) is 2.51. The summed E-state index contributed by atoms with van der Waals surface area (Å²) < 4.78 is 10.7. The van der Waals surface area contributed by atoms with E-state index < -0.39 is 0 Å². The Bertz CT molecular complexity index is 302. The summed E-state index contributed by atoms with van der Waals surface area (Å²) in [6, 6.07) is 8.01. The van der Waals surface area contributed by atoms with Gasteiger partial charge in [0.1, 0.15) is 5.75 Å². The minimum absolute atomic E-state index is 0.0543. The van der Waals surface area contributed by atoms with Crippen molar-refractivity contribution in [1.29, 1.82) is 0 Å². The molecule has 0 radical (unpaired) electrons. The first-order chi connectivity index (χ1) is 7.79. The van der Waals surface area contributed by atoms with Crippen LogP contribution in [0.15, 0.2) is 24.3 Å². The minimum atomic E-state index is 0.0543. The third-order valence-electron chi connectivity index (χ3n) is 2.51. The Balaban J connectivity index is 2.57. The van der Waals surface area contributed by atoms with Crippen molar-refractivity contribution in [3.8, 4) is 5.75 Å². The Hall–Kier alpha value is -1.06. The second-order valence-electron chi connectivity index (χ2n) is 3.75. The van der Waals surface area contributed by atoms with E-state index in [9.17, 15) is 0 Å². The molecule has 0 amide bonds. The first kappa shape index (κ1) is 13.0. The summed E-state index contributed by atoms with van der Waals surface area (Å²) in [6.45, 7) is 3.47. The van der Waals surface area contributed by atoms with Gasteiger partial charge in [-0.05, 0) is 12.5 Å². The Kier molecular flexibility index (Phi) is 5.90. The molecule has 0 bridgehead atoms. The van der Waals surface area contributed by atoms with Gasteiger partial charge in [0.05, 0.1) is 6.61 Å². The van der Waals surface area contributed by atoms with Crippen LogP contribution in [0, 0.1) is 0 Å². The van der Waals surface area contributed by atoms with E-state index in [4.69, 9.17) is 15.2 Å². The normalized spacial score (nSPS) is 12.4. The lowest BCUT2D eigenvalue weighted by Crippen LogP contribution is -2.11. The highest BCUT2D eigenvalue weighted by atomic mass is 16.5. The molecule has 3 nitrogen and oxygen atoms in total. The van der Waals surface area contributed by atoms with Gasteiger partial charge in [-0.1, -0.05) is 25.1 Å². The molecular formula is C13H21NO2. The molecule has 0 aromatic heterocycles. The van der Waals surface area contributed by atoms with Crippen molar-refractivity contribution in [2.75, 3.05) is 20.3 Å². The number of rotatable bonds is 7. The number of hydrogen-bond acceptors (Lipinski definition) is 3. The van der Waals surface area contributed by atoms with Gasteiger partial charge >= 0.3 is 0 Å². The Morgan fingerprint density at radius 3 is 2.69 bits per heavy atom. The van der Waals surface area contributed by atoms with Crippen LogP contribution in [0.4, 0.5) is 0 Å². The Morgan fingerprint density at radius 2 is 2.00 bits per heavy atom. The molecule has 0 spiro atoms. The highest BCUT2D eigenvalue weighted by Gasteiger charge is 2.09. The molecule has 1 rings (SSSR count). The number of para-hydroxylation sites is 1. The zero-order chi connectivity index (χ0) is 11.8. The standard InChI is InChI=1S/C13H21NO2/c1-3-12(14)11-7-4-5-8-13(11)16-10-6-9-15-2/h4-5,7-8,12H,3,6,9-10,14H2,1-2H3/t12-/m1/s1. The molecule has 16 heavy (non-hydrogen) atoms. The van der Waals surface area contributed by atoms with Gasteiger partial charge < -0.3 is 15.2 Å². The van der Waals surface area contributed by atoms with Gasteiger partial charge in [-0.3, -0.25) is 0 Å². The van der Waals surface area contributed by atoms with Crippen molar-refractivity contribution in [2.45, 2.75) is 25.8 Å². The van der Waals surface area contributed by atoms with Crippen LogP contribution in [0.25, 0.3) is 0 Å². The Morgan fingerprint density at radius 1 is 1.25 bits per heavy atom. The maximum Gasteiger partial charge on any atom is 0.124 e. The summed E-state index contributed by atoms with van der Waals surface area (Å²) >= 11 is 0. The average Bonchev–Trinajstić information content (AvgIpc) is 2.34. The summed E-state index contributed by atoms with van der Waals surface area (Å²) in [7, 11) is 1.70.